The van der Waals surface area contributed by atoms with E-state index in [0.29, 0.717) is 19.1 Å². The number of morpholine rings is 1. The Bertz CT molecular complexity index is 842. The maximum atomic E-state index is 11.1. The summed E-state index contributed by atoms with van der Waals surface area (Å²) in [5.41, 5.74) is 0.868. The molecule has 2 aliphatic rings. The number of rotatable bonds is 7. The molecule has 0 aromatic carbocycles. The smallest absolute Gasteiger partial charge is 0.329 e. The van der Waals surface area contributed by atoms with Crippen LogP contribution in [0.1, 0.15) is 25.3 Å². The largest absolute Gasteiger partial charge is 0.375 e. The Morgan fingerprint density at radius 1 is 1.32 bits per heavy atom. The molecule has 3 heterocycles. The first-order chi connectivity index (χ1) is 13.6. The van der Waals surface area contributed by atoms with E-state index in [-0.39, 0.29) is 23.7 Å². The minimum atomic E-state index is -0.469. The molecule has 2 aromatic heterocycles. The SMILES string of the molecule is CC1CN(c2ccc(CNc3ncc([N+](=O)[O-])c(NC4CC4)n3)cn2)CCO1. The Hall–Kier alpha value is -3.01. The van der Waals surface area contributed by atoms with Crippen LogP contribution in [0.3, 0.4) is 0 Å². The zero-order valence-corrected chi connectivity index (χ0v) is 15.7. The van der Waals surface area contributed by atoms with Gasteiger partial charge in [-0.25, -0.2) is 9.97 Å². The van der Waals surface area contributed by atoms with Crippen LogP contribution < -0.4 is 15.5 Å². The summed E-state index contributed by atoms with van der Waals surface area (Å²) >= 11 is 0. The van der Waals surface area contributed by atoms with Gasteiger partial charge in [0.1, 0.15) is 12.0 Å². The zero-order valence-electron chi connectivity index (χ0n) is 15.7. The first kappa shape index (κ1) is 18.4. The van der Waals surface area contributed by atoms with Crippen molar-refractivity contribution in [2.45, 2.75) is 38.5 Å². The van der Waals surface area contributed by atoms with Crippen molar-refractivity contribution in [2.75, 3.05) is 35.2 Å². The fourth-order valence-corrected chi connectivity index (χ4v) is 3.04. The maximum Gasteiger partial charge on any atom is 0.329 e. The third-order valence-corrected chi connectivity index (χ3v) is 4.71. The maximum absolute atomic E-state index is 11.1. The van der Waals surface area contributed by atoms with Gasteiger partial charge in [-0.3, -0.25) is 10.1 Å². The zero-order chi connectivity index (χ0) is 19.5. The number of pyridine rings is 1. The monoisotopic (exact) mass is 385 g/mol. The summed E-state index contributed by atoms with van der Waals surface area (Å²) in [6, 6.07) is 4.26. The highest BCUT2D eigenvalue weighted by molar-refractivity contribution is 5.58. The number of hydrogen-bond donors (Lipinski definition) is 2. The lowest BCUT2D eigenvalue weighted by Crippen LogP contribution is -2.41. The second-order valence-corrected chi connectivity index (χ2v) is 7.11. The van der Waals surface area contributed by atoms with Gasteiger partial charge in [0.2, 0.25) is 11.8 Å². The van der Waals surface area contributed by atoms with E-state index in [0.717, 1.165) is 37.3 Å². The fraction of sp³-hybridized carbons (Fsp3) is 0.500. The standard InChI is InChI=1S/C18H23N7O3/c1-12-11-24(6-7-28-12)16-5-2-13(8-19-16)9-20-18-21-10-15(25(26)27)17(23-18)22-14-3-4-14/h2,5,8,10,12,14H,3-4,6-7,9,11H2,1H3,(H2,20,21,22,23). The van der Waals surface area contributed by atoms with E-state index < -0.39 is 4.92 Å². The van der Waals surface area contributed by atoms with Crippen molar-refractivity contribution in [1.29, 1.82) is 0 Å². The van der Waals surface area contributed by atoms with Gasteiger partial charge in [-0.2, -0.15) is 4.98 Å². The normalized spacial score (nSPS) is 19.3. The van der Waals surface area contributed by atoms with E-state index in [1.54, 1.807) is 0 Å². The summed E-state index contributed by atoms with van der Waals surface area (Å²) < 4.78 is 5.56. The van der Waals surface area contributed by atoms with Gasteiger partial charge in [-0.15, -0.1) is 0 Å². The van der Waals surface area contributed by atoms with E-state index in [1.165, 1.54) is 6.20 Å². The van der Waals surface area contributed by atoms with Crippen LogP contribution in [-0.4, -0.2) is 51.7 Å². The molecule has 0 amide bonds. The molecule has 1 atom stereocenters. The van der Waals surface area contributed by atoms with Crippen molar-refractivity contribution in [3.8, 4) is 0 Å². The molecule has 1 aliphatic carbocycles. The van der Waals surface area contributed by atoms with Crippen LogP contribution >= 0.6 is 0 Å². The van der Waals surface area contributed by atoms with Crippen molar-refractivity contribution in [3.63, 3.8) is 0 Å². The highest BCUT2D eigenvalue weighted by atomic mass is 16.6. The number of hydrogen-bond acceptors (Lipinski definition) is 9. The fourth-order valence-electron chi connectivity index (χ4n) is 3.04. The Kier molecular flexibility index (Phi) is 5.20. The molecule has 2 aromatic rings. The van der Waals surface area contributed by atoms with E-state index in [4.69, 9.17) is 4.74 Å². The molecule has 148 valence electrons. The molecule has 0 bridgehead atoms. The van der Waals surface area contributed by atoms with Gasteiger partial charge in [0, 0.05) is 31.9 Å². The molecule has 1 aliphatic heterocycles. The molecule has 10 nitrogen and oxygen atoms in total. The third kappa shape index (κ3) is 4.45. The van der Waals surface area contributed by atoms with Crippen LogP contribution in [-0.2, 0) is 11.3 Å². The lowest BCUT2D eigenvalue weighted by Gasteiger charge is -2.32. The van der Waals surface area contributed by atoms with Gasteiger partial charge in [0.05, 0.1) is 17.6 Å². The molecule has 0 radical (unpaired) electrons. The second kappa shape index (κ2) is 7.93. The second-order valence-electron chi connectivity index (χ2n) is 7.11. The first-order valence-electron chi connectivity index (χ1n) is 9.42. The molecule has 2 fully saturated rings. The van der Waals surface area contributed by atoms with Gasteiger partial charge in [-0.1, -0.05) is 6.07 Å². The van der Waals surface area contributed by atoms with E-state index in [2.05, 4.69) is 37.4 Å². The molecular weight excluding hydrogens is 362 g/mol. The van der Waals surface area contributed by atoms with Gasteiger partial charge < -0.3 is 20.3 Å². The van der Waals surface area contributed by atoms with Crippen molar-refractivity contribution >= 4 is 23.3 Å². The molecule has 1 unspecified atom stereocenters. The number of ether oxygens (including phenoxy) is 1. The summed E-state index contributed by atoms with van der Waals surface area (Å²) in [5.74, 6) is 1.54. The van der Waals surface area contributed by atoms with Crippen LogP contribution in [0.5, 0.6) is 0 Å². The van der Waals surface area contributed by atoms with E-state index >= 15 is 0 Å². The van der Waals surface area contributed by atoms with Gasteiger partial charge in [0.25, 0.3) is 0 Å². The molecule has 10 heteroatoms. The number of aromatic nitrogens is 3. The Morgan fingerprint density at radius 3 is 2.86 bits per heavy atom. The Balaban J connectivity index is 1.39. The summed E-state index contributed by atoms with van der Waals surface area (Å²) in [6.45, 7) is 4.91. The van der Waals surface area contributed by atoms with Crippen molar-refractivity contribution in [1.82, 2.24) is 15.0 Å². The lowest BCUT2D eigenvalue weighted by molar-refractivity contribution is -0.384. The van der Waals surface area contributed by atoms with Crippen molar-refractivity contribution < 1.29 is 9.66 Å². The molecular formula is C18H23N7O3. The predicted octanol–water partition coefficient (Wildman–Crippen LogP) is 2.19. The van der Waals surface area contributed by atoms with Crippen molar-refractivity contribution in [3.05, 3.63) is 40.2 Å². The predicted molar refractivity (Wildman–Crippen MR) is 105 cm³/mol. The van der Waals surface area contributed by atoms with Gasteiger partial charge in [0.15, 0.2) is 0 Å². The van der Waals surface area contributed by atoms with E-state index in [9.17, 15) is 10.1 Å². The summed E-state index contributed by atoms with van der Waals surface area (Å²) in [5, 5.41) is 17.3. The van der Waals surface area contributed by atoms with Crippen LogP contribution in [0.4, 0.5) is 23.3 Å². The summed E-state index contributed by atoms with van der Waals surface area (Å²) in [6.07, 6.45) is 5.26. The minimum Gasteiger partial charge on any atom is -0.375 e. The average Bonchev–Trinajstić information content (AvgIpc) is 3.51. The minimum absolute atomic E-state index is 0.108. The van der Waals surface area contributed by atoms with Crippen LogP contribution in [0.15, 0.2) is 24.5 Å². The lowest BCUT2D eigenvalue weighted by atomic mass is 10.2. The van der Waals surface area contributed by atoms with Crippen molar-refractivity contribution in [2.24, 2.45) is 0 Å². The van der Waals surface area contributed by atoms with Crippen LogP contribution in [0, 0.1) is 10.1 Å². The van der Waals surface area contributed by atoms with Crippen LogP contribution in [0.2, 0.25) is 0 Å². The Labute approximate surface area is 162 Å². The molecule has 28 heavy (non-hydrogen) atoms. The van der Waals surface area contributed by atoms with Crippen LogP contribution in [0.25, 0.3) is 0 Å². The summed E-state index contributed by atoms with van der Waals surface area (Å²) in [4.78, 5) is 25.7. The highest BCUT2D eigenvalue weighted by Gasteiger charge is 2.26. The molecule has 1 saturated heterocycles. The van der Waals surface area contributed by atoms with E-state index in [1.807, 2.05) is 18.3 Å². The quantitative estimate of drug-likeness (QED) is 0.546. The van der Waals surface area contributed by atoms with Gasteiger partial charge >= 0.3 is 5.69 Å². The Morgan fingerprint density at radius 2 is 2.18 bits per heavy atom. The topological polar surface area (TPSA) is 118 Å². The highest BCUT2D eigenvalue weighted by Crippen LogP contribution is 2.29. The summed E-state index contributed by atoms with van der Waals surface area (Å²) in [7, 11) is 0. The van der Waals surface area contributed by atoms with Gasteiger partial charge in [-0.05, 0) is 31.4 Å². The first-order valence-corrected chi connectivity index (χ1v) is 9.42. The molecule has 4 rings (SSSR count). The average molecular weight is 385 g/mol. The molecule has 0 spiro atoms. The number of nitrogens with one attached hydrogen (secondary N) is 2. The number of anilines is 3. The molecule has 2 N–H and O–H groups in total. The third-order valence-electron chi connectivity index (χ3n) is 4.71. The number of nitrogens with zero attached hydrogens (tertiary/aromatic N) is 5. The number of nitro groups is 1. The molecule has 1 saturated carbocycles.